The first-order valence-electron chi connectivity index (χ1n) is 19.0. The van der Waals surface area contributed by atoms with E-state index in [1.807, 2.05) is 20.8 Å². The zero-order valence-corrected chi connectivity index (χ0v) is 35.7. The Labute approximate surface area is 361 Å². The Morgan fingerprint density at radius 3 is 2.05 bits per heavy atom. The summed E-state index contributed by atoms with van der Waals surface area (Å²) in [6, 6.07) is 13.9. The summed E-state index contributed by atoms with van der Waals surface area (Å²) in [5.41, 5.74) is 0.470. The number of anilines is 1. The van der Waals surface area contributed by atoms with Crippen LogP contribution in [0, 0.1) is 0 Å². The number of benzene rings is 2. The highest BCUT2D eigenvalue weighted by molar-refractivity contribution is 7.92. The summed E-state index contributed by atoms with van der Waals surface area (Å²) in [5.74, 6) is -2.13. The number of carbonyl (C=O) groups excluding carboxylic acids is 2. The predicted octanol–water partition coefficient (Wildman–Crippen LogP) is 4.47. The molecule has 0 amide bonds. The molecule has 4 rings (SSSR count). The fraction of sp³-hybridized carbons (Fsp3) is 0.421. The average Bonchev–Trinajstić information content (AvgIpc) is 3.24. The SMILES string of the molecule is COc1ccccc1Oc1c(OCCOC(=O)CCCON(O)O)nc(-c2ncccn2)nc1N(C(C)OC(=O)OCCOCCON(O)O)S(=O)(=O)c1ccc(C(C)(C)C)cc1. The number of hydrogen-bond acceptors (Lipinski definition) is 23. The molecule has 0 fully saturated rings. The van der Waals surface area contributed by atoms with E-state index in [0.717, 1.165) is 5.56 Å². The Bertz CT molecular complexity index is 2160. The van der Waals surface area contributed by atoms with E-state index in [9.17, 15) is 9.59 Å². The molecule has 24 nitrogen and oxygen atoms in total. The molecule has 0 saturated carbocycles. The molecule has 2 aromatic heterocycles. The van der Waals surface area contributed by atoms with Gasteiger partial charge in [0.15, 0.2) is 29.4 Å². The fourth-order valence-electron chi connectivity index (χ4n) is 5.22. The van der Waals surface area contributed by atoms with Gasteiger partial charge in [0.1, 0.15) is 19.8 Å². The Morgan fingerprint density at radius 2 is 1.40 bits per heavy atom. The third-order valence-corrected chi connectivity index (χ3v) is 10.0. The van der Waals surface area contributed by atoms with Gasteiger partial charge in [0.25, 0.3) is 15.9 Å². The lowest BCUT2D eigenvalue weighted by Gasteiger charge is -2.30. The standard InChI is InChI=1S/C38H49N7O17S/c1-26(61-37(47)58-22-20-55-21-25-60-45(50)51)43(63(52,53)28-15-13-27(14-16-28)38(2,3)4)35-32(62-30-11-7-6-10-29(30)54-5)36(42-34(41-35)33-39-17-9-18-40-33)57-24-23-56-31(46)12-8-19-59-44(48)49/h6-7,9-11,13-18,26,48-51H,8,12,19-25H2,1-5H3. The molecule has 0 aliphatic carbocycles. The van der Waals surface area contributed by atoms with Crippen LogP contribution in [0.3, 0.4) is 0 Å². The maximum atomic E-state index is 15.0. The number of para-hydroxylation sites is 2. The van der Waals surface area contributed by atoms with Crippen LogP contribution >= 0.6 is 0 Å². The van der Waals surface area contributed by atoms with Crippen LogP contribution in [0.5, 0.6) is 23.1 Å². The maximum absolute atomic E-state index is 15.0. The number of hydrogen-bond donors (Lipinski definition) is 4. The third kappa shape index (κ3) is 15.5. The van der Waals surface area contributed by atoms with Crippen LogP contribution in [0.25, 0.3) is 11.6 Å². The first kappa shape index (κ1) is 49.8. The summed E-state index contributed by atoms with van der Waals surface area (Å²) in [5, 5.41) is 33.7. The van der Waals surface area contributed by atoms with Gasteiger partial charge in [0.05, 0.1) is 49.2 Å². The van der Waals surface area contributed by atoms with Crippen LogP contribution < -0.4 is 18.5 Å². The van der Waals surface area contributed by atoms with Crippen LogP contribution in [0.2, 0.25) is 0 Å². The van der Waals surface area contributed by atoms with E-state index in [1.54, 1.807) is 30.3 Å². The molecule has 1 atom stereocenters. The molecule has 25 heteroatoms. The van der Waals surface area contributed by atoms with Gasteiger partial charge in [-0.3, -0.25) is 30.5 Å². The molecule has 4 N–H and O–H groups in total. The summed E-state index contributed by atoms with van der Waals surface area (Å²) < 4.78 is 69.7. The molecule has 0 aliphatic heterocycles. The first-order chi connectivity index (χ1) is 30.0. The van der Waals surface area contributed by atoms with E-state index >= 15 is 8.42 Å². The van der Waals surface area contributed by atoms with Crippen molar-refractivity contribution in [3.63, 3.8) is 0 Å². The normalized spacial score (nSPS) is 12.2. The Balaban J connectivity index is 1.82. The monoisotopic (exact) mass is 907 g/mol. The van der Waals surface area contributed by atoms with E-state index in [-0.39, 0.29) is 92.5 Å². The molecule has 2 aromatic carbocycles. The van der Waals surface area contributed by atoms with Gasteiger partial charge < -0.3 is 33.2 Å². The minimum Gasteiger partial charge on any atom is -0.493 e. The summed E-state index contributed by atoms with van der Waals surface area (Å²) in [7, 11) is -3.42. The number of rotatable bonds is 25. The Hall–Kier alpha value is -5.87. The summed E-state index contributed by atoms with van der Waals surface area (Å²) in [4.78, 5) is 51.6. The summed E-state index contributed by atoms with van der Waals surface area (Å²) >= 11 is 0. The molecule has 4 aromatic rings. The number of nitrogens with zero attached hydrogens (tertiary/aromatic N) is 7. The van der Waals surface area contributed by atoms with Gasteiger partial charge in [0.2, 0.25) is 11.6 Å². The van der Waals surface area contributed by atoms with Gasteiger partial charge in [-0.15, -0.1) is 0 Å². The highest BCUT2D eigenvalue weighted by Gasteiger charge is 2.39. The van der Waals surface area contributed by atoms with Gasteiger partial charge in [-0.05, 0) is 54.7 Å². The minimum absolute atomic E-state index is 0.0485. The number of esters is 1. The zero-order valence-electron chi connectivity index (χ0n) is 34.9. The van der Waals surface area contributed by atoms with Crippen molar-refractivity contribution >= 4 is 28.0 Å². The number of sulfonamides is 1. The molecule has 0 saturated heterocycles. The van der Waals surface area contributed by atoms with E-state index in [4.69, 9.17) is 54.0 Å². The molecule has 63 heavy (non-hydrogen) atoms. The lowest BCUT2D eigenvalue weighted by molar-refractivity contribution is -0.493. The molecule has 1 unspecified atom stereocenters. The van der Waals surface area contributed by atoms with Crippen LogP contribution in [-0.4, -0.2) is 132 Å². The molecule has 0 radical (unpaired) electrons. The quantitative estimate of drug-likeness (QED) is 0.0309. The predicted molar refractivity (Wildman–Crippen MR) is 212 cm³/mol. The maximum Gasteiger partial charge on any atom is 0.510 e. The smallest absolute Gasteiger partial charge is 0.493 e. The van der Waals surface area contributed by atoms with E-state index < -0.39 is 56.6 Å². The lowest BCUT2D eigenvalue weighted by atomic mass is 9.87. The van der Waals surface area contributed by atoms with Crippen molar-refractivity contribution in [3.05, 3.63) is 72.6 Å². The van der Waals surface area contributed by atoms with Gasteiger partial charge in [-0.25, -0.2) is 37.3 Å². The van der Waals surface area contributed by atoms with Crippen molar-refractivity contribution < 1.29 is 81.7 Å². The topological polar surface area (TPSA) is 294 Å². The lowest BCUT2D eigenvalue weighted by Crippen LogP contribution is -2.42. The zero-order chi connectivity index (χ0) is 46.0. The first-order valence-corrected chi connectivity index (χ1v) is 20.4. The third-order valence-electron chi connectivity index (χ3n) is 8.15. The van der Waals surface area contributed by atoms with E-state index in [1.165, 1.54) is 50.7 Å². The number of carbonyl (C=O) groups is 2. The second-order valence-corrected chi connectivity index (χ2v) is 15.5. The number of methoxy groups -OCH3 is 1. The molecule has 0 aliphatic rings. The molecule has 0 bridgehead atoms. The fourth-order valence-corrected chi connectivity index (χ4v) is 6.71. The number of ether oxygens (including phenoxy) is 7. The average molecular weight is 908 g/mol. The van der Waals surface area contributed by atoms with Crippen LogP contribution in [0.1, 0.15) is 46.1 Å². The van der Waals surface area contributed by atoms with Gasteiger partial charge >= 0.3 is 12.1 Å². The van der Waals surface area contributed by atoms with Crippen molar-refractivity contribution in [2.24, 2.45) is 0 Å². The summed E-state index contributed by atoms with van der Waals surface area (Å²) in [6.07, 6.45) is -0.341. The van der Waals surface area contributed by atoms with E-state index in [0.29, 0.717) is 4.31 Å². The van der Waals surface area contributed by atoms with Gasteiger partial charge in [-0.1, -0.05) is 45.0 Å². The van der Waals surface area contributed by atoms with Gasteiger partial charge in [-0.2, -0.15) is 4.98 Å². The highest BCUT2D eigenvalue weighted by Crippen LogP contribution is 2.44. The minimum atomic E-state index is -4.80. The number of aromatic nitrogens is 4. The van der Waals surface area contributed by atoms with Crippen molar-refractivity contribution in [2.45, 2.75) is 57.1 Å². The van der Waals surface area contributed by atoms with Crippen LogP contribution in [0.4, 0.5) is 10.6 Å². The largest absolute Gasteiger partial charge is 0.510 e. The Kier molecular flexibility index (Phi) is 19.0. The van der Waals surface area contributed by atoms with Crippen LogP contribution in [-0.2, 0) is 48.9 Å². The Morgan fingerprint density at radius 1 is 0.762 bits per heavy atom. The second-order valence-electron chi connectivity index (χ2n) is 13.7. The molecular weight excluding hydrogens is 859 g/mol. The molecular formula is C38H49N7O17S. The van der Waals surface area contributed by atoms with Crippen molar-refractivity contribution in [3.8, 4) is 34.8 Å². The van der Waals surface area contributed by atoms with Crippen molar-refractivity contribution in [1.82, 2.24) is 30.7 Å². The van der Waals surface area contributed by atoms with E-state index in [2.05, 4.69) is 29.6 Å². The highest BCUT2D eigenvalue weighted by atomic mass is 32.2. The second kappa shape index (κ2) is 24.1. The van der Waals surface area contributed by atoms with Gasteiger partial charge in [0, 0.05) is 18.8 Å². The summed E-state index contributed by atoms with van der Waals surface area (Å²) in [6.45, 7) is 5.31. The van der Waals surface area contributed by atoms with Crippen molar-refractivity contribution in [1.29, 1.82) is 0 Å². The molecule has 0 spiro atoms. The molecule has 344 valence electrons. The van der Waals surface area contributed by atoms with Crippen LogP contribution in [0.15, 0.2) is 71.9 Å². The van der Waals surface area contributed by atoms with Crippen molar-refractivity contribution in [2.75, 3.05) is 57.7 Å². The molecule has 2 heterocycles.